The van der Waals surface area contributed by atoms with Crippen molar-refractivity contribution in [3.63, 3.8) is 0 Å². The van der Waals surface area contributed by atoms with Gasteiger partial charge in [0.25, 0.3) is 0 Å². The molecule has 0 amide bonds. The third kappa shape index (κ3) is 4.84. The normalized spacial score (nSPS) is 13.2. The number of aromatic nitrogens is 4. The molecule has 0 radical (unpaired) electrons. The SMILES string of the molecule is CC(C)(C)c1cc(-c2ccc3c(c2)c2ccccc2n3-c2ccccc2)c2c(c1)c1cc(C(C)(C)C)cc3c4cc5c(nc4n2c31)c1cc2ccccc2c2c3cc4ccccc4cc3n5c12. The van der Waals surface area contributed by atoms with Crippen molar-refractivity contribution in [2.24, 2.45) is 0 Å². The second kappa shape index (κ2) is 12.5. The Hall–Kier alpha value is -7.95. The summed E-state index contributed by atoms with van der Waals surface area (Å²) in [6.45, 7) is 14.1. The molecule has 0 spiro atoms. The van der Waals surface area contributed by atoms with Crippen LogP contribution in [0.1, 0.15) is 52.7 Å². The predicted octanol–water partition coefficient (Wildman–Crippen LogP) is 17.0. The average Bonchev–Trinajstić information content (AvgIpc) is 4.11. The molecule has 15 aromatic rings. The van der Waals surface area contributed by atoms with Crippen LogP contribution in [0.2, 0.25) is 0 Å². The number of pyridine rings is 1. The summed E-state index contributed by atoms with van der Waals surface area (Å²) in [4.78, 5) is 5.95. The van der Waals surface area contributed by atoms with Gasteiger partial charge in [0.1, 0.15) is 5.65 Å². The second-order valence-electron chi connectivity index (χ2n) is 21.2. The van der Waals surface area contributed by atoms with Gasteiger partial charge < -0.3 is 8.97 Å². The highest BCUT2D eigenvalue weighted by molar-refractivity contribution is 6.33. The number of hydrogen-bond donors (Lipinski definition) is 0. The van der Waals surface area contributed by atoms with E-state index in [1.54, 1.807) is 0 Å². The molecule has 0 saturated carbocycles. The van der Waals surface area contributed by atoms with Crippen molar-refractivity contribution in [3.8, 4) is 16.8 Å². The van der Waals surface area contributed by atoms with Gasteiger partial charge in [-0.15, -0.1) is 0 Å². The Morgan fingerprint density at radius 1 is 0.373 bits per heavy atom. The smallest absolute Gasteiger partial charge is 0.146 e. The maximum Gasteiger partial charge on any atom is 0.146 e. The fourth-order valence-electron chi connectivity index (χ4n) is 12.0. The van der Waals surface area contributed by atoms with Gasteiger partial charge in [-0.25, -0.2) is 4.98 Å². The Morgan fingerprint density at radius 2 is 0.985 bits per heavy atom. The third-order valence-electron chi connectivity index (χ3n) is 15.3. The maximum atomic E-state index is 5.95. The topological polar surface area (TPSA) is 26.6 Å². The van der Waals surface area contributed by atoms with Crippen LogP contribution in [0.3, 0.4) is 0 Å². The molecule has 0 aliphatic heterocycles. The van der Waals surface area contributed by atoms with Crippen molar-refractivity contribution in [2.45, 2.75) is 52.4 Å². The zero-order valence-electron chi connectivity index (χ0n) is 38.5. The fraction of sp³-hybridized carbons (Fsp3) is 0.127. The van der Waals surface area contributed by atoms with Crippen LogP contribution >= 0.6 is 0 Å². The molecule has 0 saturated heterocycles. The maximum absolute atomic E-state index is 5.95. The highest BCUT2D eigenvalue weighted by atomic mass is 15.0. The Labute approximate surface area is 386 Å². The van der Waals surface area contributed by atoms with E-state index in [1.807, 2.05) is 0 Å². The highest BCUT2D eigenvalue weighted by Gasteiger charge is 2.29. The summed E-state index contributed by atoms with van der Waals surface area (Å²) in [5.41, 5.74) is 16.6. The molecule has 0 fully saturated rings. The summed E-state index contributed by atoms with van der Waals surface area (Å²) in [6, 6.07) is 64.0. The summed E-state index contributed by atoms with van der Waals surface area (Å²) in [5.74, 6) is 0. The Bertz CT molecular complexity index is 4620. The van der Waals surface area contributed by atoms with Crippen LogP contribution in [0, 0.1) is 0 Å². The Kier molecular flexibility index (Phi) is 6.94. The largest absolute Gasteiger partial charge is 0.309 e. The van der Waals surface area contributed by atoms with Crippen LogP contribution in [0.25, 0.3) is 137 Å². The van der Waals surface area contributed by atoms with E-state index >= 15 is 0 Å². The molecule has 15 rings (SSSR count). The molecule has 0 N–H and O–H groups in total. The number of para-hydroxylation sites is 2. The van der Waals surface area contributed by atoms with E-state index in [0.29, 0.717) is 0 Å². The summed E-state index contributed by atoms with van der Waals surface area (Å²) in [6.07, 6.45) is 0. The van der Waals surface area contributed by atoms with Crippen LogP contribution in [0.4, 0.5) is 0 Å². The zero-order chi connectivity index (χ0) is 44.8. The van der Waals surface area contributed by atoms with Crippen molar-refractivity contribution in [1.82, 2.24) is 18.4 Å². The molecule has 6 heterocycles. The molecule has 0 atom stereocenters. The molecule has 4 nitrogen and oxygen atoms in total. The van der Waals surface area contributed by atoms with Gasteiger partial charge in [-0.05, 0) is 128 Å². The van der Waals surface area contributed by atoms with Crippen molar-refractivity contribution < 1.29 is 0 Å². The molecule has 318 valence electrons. The molecular weight excluding hydrogens is 813 g/mol. The molecule has 4 heteroatoms. The van der Waals surface area contributed by atoms with E-state index in [1.165, 1.54) is 131 Å². The van der Waals surface area contributed by atoms with Crippen LogP contribution in [-0.2, 0) is 10.8 Å². The summed E-state index contributed by atoms with van der Waals surface area (Å²) in [5, 5.41) is 16.3. The molecule has 9 aromatic carbocycles. The molecule has 67 heavy (non-hydrogen) atoms. The monoisotopic (exact) mass is 858 g/mol. The fourth-order valence-corrected chi connectivity index (χ4v) is 12.0. The van der Waals surface area contributed by atoms with Gasteiger partial charge in [0.15, 0.2) is 0 Å². The number of hydrogen-bond acceptors (Lipinski definition) is 1. The average molecular weight is 859 g/mol. The summed E-state index contributed by atoms with van der Waals surface area (Å²) in [7, 11) is 0. The quantitative estimate of drug-likeness (QED) is 0.170. The lowest BCUT2D eigenvalue weighted by atomic mass is 9.83. The van der Waals surface area contributed by atoms with E-state index < -0.39 is 0 Å². The van der Waals surface area contributed by atoms with Crippen LogP contribution in [-0.4, -0.2) is 18.4 Å². The number of rotatable bonds is 2. The lowest BCUT2D eigenvalue weighted by Gasteiger charge is -2.22. The molecule has 0 bridgehead atoms. The second-order valence-corrected chi connectivity index (χ2v) is 21.2. The number of nitrogens with zero attached hydrogens (tertiary/aromatic N) is 4. The minimum absolute atomic E-state index is 0.0747. The molecule has 0 aliphatic carbocycles. The van der Waals surface area contributed by atoms with Gasteiger partial charge >= 0.3 is 0 Å². The first-order valence-electron chi connectivity index (χ1n) is 23.7. The van der Waals surface area contributed by atoms with Gasteiger partial charge in [-0.2, -0.15) is 0 Å². The minimum Gasteiger partial charge on any atom is -0.309 e. The molecular formula is C63H46N4. The standard InChI is InChI=1S/C63H46N4/c1-62(2,3)39-30-44(38-24-25-53-45(27-38)43-22-14-15-23-52(43)65(53)41-19-8-7-9-20-41)58-46(31-39)47-32-40(63(4,5)6)33-48-49-34-55-57(64-61(49)67(58)59(47)48)51-28-37-18-12-13-21-42(37)56-50-26-35-16-10-11-17-36(35)29-54(50)66(55)60(51)56/h7-34H,1-6H3. The molecule has 6 aromatic heterocycles. The number of fused-ring (bicyclic) bond motifs is 18. The summed E-state index contributed by atoms with van der Waals surface area (Å²) < 4.78 is 7.48. The number of benzene rings is 9. The Morgan fingerprint density at radius 3 is 1.75 bits per heavy atom. The first-order chi connectivity index (χ1) is 32.5. The van der Waals surface area contributed by atoms with E-state index in [-0.39, 0.29) is 10.8 Å². The third-order valence-corrected chi connectivity index (χ3v) is 15.3. The van der Waals surface area contributed by atoms with Crippen molar-refractivity contribution in [3.05, 3.63) is 181 Å². The Balaban J connectivity index is 1.12. The van der Waals surface area contributed by atoms with Crippen LogP contribution in [0.15, 0.2) is 170 Å². The lowest BCUT2D eigenvalue weighted by molar-refractivity contribution is 0.591. The van der Waals surface area contributed by atoms with Gasteiger partial charge in [0.2, 0.25) is 0 Å². The van der Waals surface area contributed by atoms with E-state index in [4.69, 9.17) is 4.98 Å². The van der Waals surface area contributed by atoms with Crippen molar-refractivity contribution in [1.29, 1.82) is 0 Å². The predicted molar refractivity (Wildman–Crippen MR) is 286 cm³/mol. The first kappa shape index (κ1) is 37.3. The van der Waals surface area contributed by atoms with E-state index in [2.05, 4.69) is 225 Å². The van der Waals surface area contributed by atoms with Gasteiger partial charge in [-0.1, -0.05) is 133 Å². The minimum atomic E-state index is -0.0839. The highest BCUT2D eigenvalue weighted by Crippen LogP contribution is 2.49. The van der Waals surface area contributed by atoms with E-state index in [0.717, 1.165) is 16.7 Å². The molecule has 0 unspecified atom stereocenters. The molecule has 0 aliphatic rings. The van der Waals surface area contributed by atoms with E-state index in [9.17, 15) is 0 Å². The summed E-state index contributed by atoms with van der Waals surface area (Å²) >= 11 is 0. The van der Waals surface area contributed by atoms with Crippen molar-refractivity contribution in [2.75, 3.05) is 0 Å². The van der Waals surface area contributed by atoms with Gasteiger partial charge in [0, 0.05) is 59.7 Å². The van der Waals surface area contributed by atoms with Crippen molar-refractivity contribution >= 4 is 120 Å². The lowest BCUT2D eigenvalue weighted by Crippen LogP contribution is -2.11. The van der Waals surface area contributed by atoms with Crippen LogP contribution < -0.4 is 0 Å². The van der Waals surface area contributed by atoms with Gasteiger partial charge in [0.05, 0.1) is 44.1 Å². The first-order valence-corrected chi connectivity index (χ1v) is 23.7. The van der Waals surface area contributed by atoms with Gasteiger partial charge in [-0.3, -0.25) is 4.40 Å². The zero-order valence-corrected chi connectivity index (χ0v) is 38.5. The van der Waals surface area contributed by atoms with Crippen LogP contribution in [0.5, 0.6) is 0 Å².